The summed E-state index contributed by atoms with van der Waals surface area (Å²) in [4.78, 5) is 4.88. The second kappa shape index (κ2) is 14.1. The molecule has 0 amide bonds. The summed E-state index contributed by atoms with van der Waals surface area (Å²) in [6.45, 7) is 12.6. The summed E-state index contributed by atoms with van der Waals surface area (Å²) >= 11 is 0. The fourth-order valence-corrected chi connectivity index (χ4v) is 6.15. The SMILES string of the molecule is CCN(Cc1ccccc1)c1ccc(C(c2ccc(N(CC)Cc3ccccc3)cc2C)c2ccccc2OC)c(C)c1. The molecule has 0 atom stereocenters. The van der Waals surface area contributed by atoms with Gasteiger partial charge in [0.05, 0.1) is 7.11 Å². The van der Waals surface area contributed by atoms with Crippen molar-refractivity contribution in [1.82, 2.24) is 0 Å². The van der Waals surface area contributed by atoms with Gasteiger partial charge in [0, 0.05) is 49.0 Å². The molecule has 0 radical (unpaired) electrons. The second-order valence-corrected chi connectivity index (χ2v) is 11.3. The molecule has 3 heteroatoms. The van der Waals surface area contributed by atoms with Crippen LogP contribution < -0.4 is 14.5 Å². The van der Waals surface area contributed by atoms with Crippen molar-refractivity contribution in [2.45, 2.75) is 46.7 Å². The van der Waals surface area contributed by atoms with Crippen LogP contribution in [0.25, 0.3) is 0 Å². The van der Waals surface area contributed by atoms with Crippen molar-refractivity contribution >= 4 is 11.4 Å². The van der Waals surface area contributed by atoms with Crippen molar-refractivity contribution in [2.24, 2.45) is 0 Å². The van der Waals surface area contributed by atoms with Crippen LogP contribution in [0, 0.1) is 13.8 Å². The Labute approximate surface area is 258 Å². The van der Waals surface area contributed by atoms with Gasteiger partial charge in [-0.25, -0.2) is 0 Å². The van der Waals surface area contributed by atoms with Crippen molar-refractivity contribution in [3.63, 3.8) is 0 Å². The number of rotatable bonds is 12. The molecule has 0 N–H and O–H groups in total. The molecule has 0 heterocycles. The van der Waals surface area contributed by atoms with Gasteiger partial charge in [-0.3, -0.25) is 0 Å². The maximum Gasteiger partial charge on any atom is 0.123 e. The molecule has 5 aromatic rings. The minimum atomic E-state index is 0.0487. The number of hydrogen-bond donors (Lipinski definition) is 0. The summed E-state index contributed by atoms with van der Waals surface area (Å²) in [7, 11) is 1.77. The van der Waals surface area contributed by atoms with Gasteiger partial charge in [-0.2, -0.15) is 0 Å². The highest BCUT2D eigenvalue weighted by Gasteiger charge is 2.24. The molecule has 0 aliphatic carbocycles. The first-order valence-corrected chi connectivity index (χ1v) is 15.4. The third-order valence-electron chi connectivity index (χ3n) is 8.50. The van der Waals surface area contributed by atoms with Crippen LogP contribution in [0.15, 0.2) is 121 Å². The fraction of sp³-hybridized carbons (Fsp3) is 0.250. The Morgan fingerprint density at radius 2 is 0.977 bits per heavy atom. The van der Waals surface area contributed by atoms with Gasteiger partial charge in [0.15, 0.2) is 0 Å². The van der Waals surface area contributed by atoms with E-state index < -0.39 is 0 Å². The largest absolute Gasteiger partial charge is 0.496 e. The first kappa shape index (κ1) is 30.0. The van der Waals surface area contributed by atoms with Crippen LogP contribution in [0.1, 0.15) is 58.7 Å². The Balaban J connectivity index is 1.53. The fourth-order valence-electron chi connectivity index (χ4n) is 6.15. The number of methoxy groups -OCH3 is 1. The van der Waals surface area contributed by atoms with E-state index in [4.69, 9.17) is 4.74 Å². The van der Waals surface area contributed by atoms with Crippen LogP contribution in [-0.4, -0.2) is 20.2 Å². The number of ether oxygens (including phenoxy) is 1. The highest BCUT2D eigenvalue weighted by molar-refractivity contribution is 5.60. The summed E-state index contributed by atoms with van der Waals surface area (Å²) < 4.78 is 5.92. The van der Waals surface area contributed by atoms with Crippen molar-refractivity contribution in [1.29, 1.82) is 0 Å². The van der Waals surface area contributed by atoms with Gasteiger partial charge in [0.2, 0.25) is 0 Å². The Bertz CT molecular complexity index is 1510. The molecule has 0 aliphatic rings. The van der Waals surface area contributed by atoms with Gasteiger partial charge in [-0.05, 0) is 91.4 Å². The quantitative estimate of drug-likeness (QED) is 0.139. The van der Waals surface area contributed by atoms with Crippen molar-refractivity contribution in [3.8, 4) is 5.75 Å². The molecule has 0 bridgehead atoms. The Morgan fingerprint density at radius 3 is 1.40 bits per heavy atom. The molecule has 5 aromatic carbocycles. The topological polar surface area (TPSA) is 15.7 Å². The van der Waals surface area contributed by atoms with Crippen LogP contribution in [0.5, 0.6) is 5.75 Å². The van der Waals surface area contributed by atoms with Gasteiger partial charge in [0.25, 0.3) is 0 Å². The van der Waals surface area contributed by atoms with Gasteiger partial charge in [0.1, 0.15) is 5.75 Å². The van der Waals surface area contributed by atoms with Crippen LogP contribution in [0.4, 0.5) is 11.4 Å². The zero-order chi connectivity index (χ0) is 30.2. The molecule has 220 valence electrons. The number of nitrogens with zero attached hydrogens (tertiary/aromatic N) is 2. The average Bonchev–Trinajstić information content (AvgIpc) is 3.05. The van der Waals surface area contributed by atoms with E-state index >= 15 is 0 Å². The number of hydrogen-bond acceptors (Lipinski definition) is 3. The first-order chi connectivity index (χ1) is 21.0. The van der Waals surface area contributed by atoms with E-state index in [2.05, 4.69) is 159 Å². The van der Waals surface area contributed by atoms with E-state index in [0.29, 0.717) is 0 Å². The monoisotopic (exact) mass is 568 g/mol. The summed E-state index contributed by atoms with van der Waals surface area (Å²) in [5.41, 5.74) is 11.5. The average molecular weight is 569 g/mol. The lowest BCUT2D eigenvalue weighted by molar-refractivity contribution is 0.409. The van der Waals surface area contributed by atoms with E-state index in [9.17, 15) is 0 Å². The van der Waals surface area contributed by atoms with Crippen LogP contribution in [0.3, 0.4) is 0 Å². The standard InChI is InChI=1S/C40H44N2O/c1-6-41(28-32-16-10-8-11-17-32)34-22-24-36(30(3)26-34)40(38-20-14-15-21-39(38)43-5)37-25-23-35(27-31(37)4)42(7-2)29-33-18-12-9-13-19-33/h8-27,40H,6-7,28-29H2,1-5H3. The predicted molar refractivity (Wildman–Crippen MR) is 183 cm³/mol. The van der Waals surface area contributed by atoms with E-state index in [1.54, 1.807) is 7.11 Å². The molecule has 0 saturated heterocycles. The molecule has 0 spiro atoms. The third kappa shape index (κ3) is 6.94. The van der Waals surface area contributed by atoms with Gasteiger partial charge < -0.3 is 14.5 Å². The smallest absolute Gasteiger partial charge is 0.123 e. The molecule has 3 nitrogen and oxygen atoms in total. The van der Waals surface area contributed by atoms with Crippen LogP contribution in [-0.2, 0) is 13.1 Å². The second-order valence-electron chi connectivity index (χ2n) is 11.3. The lowest BCUT2D eigenvalue weighted by atomic mass is 9.80. The normalized spacial score (nSPS) is 11.0. The summed E-state index contributed by atoms with van der Waals surface area (Å²) in [5, 5.41) is 0. The highest BCUT2D eigenvalue weighted by Crippen LogP contribution is 2.41. The minimum absolute atomic E-state index is 0.0487. The number of benzene rings is 5. The van der Waals surface area contributed by atoms with Crippen molar-refractivity contribution in [3.05, 3.63) is 160 Å². The summed E-state index contributed by atoms with van der Waals surface area (Å²) in [5.74, 6) is 0.964. The van der Waals surface area contributed by atoms with Crippen molar-refractivity contribution in [2.75, 3.05) is 30.0 Å². The number of aryl methyl sites for hydroxylation is 2. The zero-order valence-electron chi connectivity index (χ0n) is 26.3. The van der Waals surface area contributed by atoms with Gasteiger partial charge >= 0.3 is 0 Å². The molecule has 0 unspecified atom stereocenters. The maximum atomic E-state index is 5.92. The molecule has 0 saturated carbocycles. The molecular formula is C40H44N2O. The lowest BCUT2D eigenvalue weighted by Crippen LogP contribution is -2.22. The molecule has 0 fully saturated rings. The summed E-state index contributed by atoms with van der Waals surface area (Å²) in [6, 6.07) is 43.8. The zero-order valence-corrected chi connectivity index (χ0v) is 26.3. The minimum Gasteiger partial charge on any atom is -0.496 e. The highest BCUT2D eigenvalue weighted by atomic mass is 16.5. The van der Waals surface area contributed by atoms with E-state index in [0.717, 1.165) is 31.9 Å². The molecule has 0 aromatic heterocycles. The first-order valence-electron chi connectivity index (χ1n) is 15.4. The van der Waals surface area contributed by atoms with E-state index in [1.807, 2.05) is 0 Å². The third-order valence-corrected chi connectivity index (χ3v) is 8.50. The summed E-state index contributed by atoms with van der Waals surface area (Å²) in [6.07, 6.45) is 0. The predicted octanol–water partition coefficient (Wildman–Crippen LogP) is 9.55. The molecular weight excluding hydrogens is 524 g/mol. The molecule has 5 rings (SSSR count). The lowest BCUT2D eigenvalue weighted by Gasteiger charge is -2.29. The van der Waals surface area contributed by atoms with E-state index in [-0.39, 0.29) is 5.92 Å². The Hall–Kier alpha value is -4.50. The molecule has 43 heavy (non-hydrogen) atoms. The van der Waals surface area contributed by atoms with E-state index in [1.165, 1.54) is 50.3 Å². The van der Waals surface area contributed by atoms with Crippen LogP contribution >= 0.6 is 0 Å². The maximum absolute atomic E-state index is 5.92. The number of anilines is 2. The number of para-hydroxylation sites is 1. The molecule has 0 aliphatic heterocycles. The van der Waals surface area contributed by atoms with Crippen LogP contribution in [0.2, 0.25) is 0 Å². The Kier molecular flexibility index (Phi) is 9.84. The van der Waals surface area contributed by atoms with Gasteiger partial charge in [-0.1, -0.05) is 91.0 Å². The Morgan fingerprint density at radius 1 is 0.535 bits per heavy atom. The van der Waals surface area contributed by atoms with Crippen molar-refractivity contribution < 1.29 is 4.74 Å². The van der Waals surface area contributed by atoms with Gasteiger partial charge in [-0.15, -0.1) is 0 Å².